The first-order valence-electron chi connectivity index (χ1n) is 6.54. The van der Waals surface area contributed by atoms with Gasteiger partial charge in [0.05, 0.1) is 6.61 Å². The van der Waals surface area contributed by atoms with E-state index in [-0.39, 0.29) is 0 Å². The minimum absolute atomic E-state index is 0.760. The summed E-state index contributed by atoms with van der Waals surface area (Å²) in [6.45, 7) is 2.86. The lowest BCUT2D eigenvalue weighted by Gasteiger charge is -2.05. The number of nitrogens with one attached hydrogen (secondary N) is 1. The van der Waals surface area contributed by atoms with Gasteiger partial charge in [0.15, 0.2) is 0 Å². The molecule has 2 heterocycles. The molecule has 96 valence electrons. The summed E-state index contributed by atoms with van der Waals surface area (Å²) in [6, 6.07) is 12.2. The number of hydrogen-bond acceptors (Lipinski definition) is 2. The summed E-state index contributed by atoms with van der Waals surface area (Å²) in [5.41, 5.74) is 3.26. The lowest BCUT2D eigenvalue weighted by Crippen LogP contribution is -1.94. The van der Waals surface area contributed by atoms with Gasteiger partial charge in [-0.3, -0.25) is 0 Å². The van der Waals surface area contributed by atoms with Crippen LogP contribution in [-0.2, 0) is 0 Å². The fraction of sp³-hybridized carbons (Fsp3) is 0.188. The molecule has 0 atom stereocenters. The van der Waals surface area contributed by atoms with Gasteiger partial charge in [0.25, 0.3) is 0 Å². The summed E-state index contributed by atoms with van der Waals surface area (Å²) in [5, 5.41) is 1.14. The second kappa shape index (κ2) is 5.14. The van der Waals surface area contributed by atoms with Crippen LogP contribution >= 0.6 is 0 Å². The quantitative estimate of drug-likeness (QED) is 0.761. The van der Waals surface area contributed by atoms with Crippen molar-refractivity contribution in [3.63, 3.8) is 0 Å². The van der Waals surface area contributed by atoms with Gasteiger partial charge in [-0.1, -0.05) is 19.1 Å². The number of hydrogen-bond donors (Lipinski definition) is 1. The van der Waals surface area contributed by atoms with Crippen molar-refractivity contribution in [1.82, 2.24) is 9.97 Å². The van der Waals surface area contributed by atoms with Crippen LogP contribution in [0.4, 0.5) is 0 Å². The van der Waals surface area contributed by atoms with Crippen molar-refractivity contribution in [2.75, 3.05) is 6.61 Å². The topological polar surface area (TPSA) is 37.9 Å². The molecule has 1 aromatic carbocycles. The van der Waals surface area contributed by atoms with Crippen molar-refractivity contribution < 1.29 is 4.74 Å². The van der Waals surface area contributed by atoms with Gasteiger partial charge in [-0.15, -0.1) is 0 Å². The average molecular weight is 252 g/mol. The molecule has 19 heavy (non-hydrogen) atoms. The Hall–Kier alpha value is -2.29. The number of ether oxygens (including phenoxy) is 1. The van der Waals surface area contributed by atoms with E-state index in [0.717, 1.165) is 29.8 Å². The normalized spacial score (nSPS) is 10.8. The zero-order valence-corrected chi connectivity index (χ0v) is 10.9. The first kappa shape index (κ1) is 11.8. The van der Waals surface area contributed by atoms with E-state index in [9.17, 15) is 0 Å². The van der Waals surface area contributed by atoms with Crippen LogP contribution in [0.15, 0.2) is 48.8 Å². The van der Waals surface area contributed by atoms with Crippen LogP contribution in [0.3, 0.4) is 0 Å². The molecule has 0 amide bonds. The highest BCUT2D eigenvalue weighted by molar-refractivity contribution is 5.93. The highest BCUT2D eigenvalue weighted by Crippen LogP contribution is 2.28. The van der Waals surface area contributed by atoms with Crippen molar-refractivity contribution >= 4 is 11.0 Å². The lowest BCUT2D eigenvalue weighted by molar-refractivity contribution is 0.317. The molecule has 3 aromatic rings. The predicted octanol–water partition coefficient (Wildman–Crippen LogP) is 4.02. The molecule has 0 bridgehead atoms. The second-order valence-corrected chi connectivity index (χ2v) is 4.47. The predicted molar refractivity (Wildman–Crippen MR) is 77.3 cm³/mol. The van der Waals surface area contributed by atoms with Crippen LogP contribution in [0.5, 0.6) is 5.75 Å². The lowest BCUT2D eigenvalue weighted by atomic mass is 10.1. The first-order chi connectivity index (χ1) is 9.38. The maximum atomic E-state index is 5.59. The Bertz CT molecular complexity index is 671. The van der Waals surface area contributed by atoms with E-state index in [1.54, 1.807) is 6.20 Å². The van der Waals surface area contributed by atoms with Crippen molar-refractivity contribution in [3.05, 3.63) is 48.8 Å². The minimum atomic E-state index is 0.760. The van der Waals surface area contributed by atoms with Gasteiger partial charge in [0.2, 0.25) is 0 Å². The monoisotopic (exact) mass is 252 g/mol. The molecule has 3 rings (SSSR count). The Morgan fingerprint density at radius 1 is 1.16 bits per heavy atom. The zero-order chi connectivity index (χ0) is 13.1. The molecule has 0 fully saturated rings. The largest absolute Gasteiger partial charge is 0.494 e. The Balaban J connectivity index is 1.93. The van der Waals surface area contributed by atoms with Crippen molar-refractivity contribution in [1.29, 1.82) is 0 Å². The molecule has 0 aliphatic carbocycles. The standard InChI is InChI=1S/C16H16N2O/c1-2-10-19-13-7-5-12(6-8-13)15-11-18-16-14(15)4-3-9-17-16/h3-9,11H,2,10H2,1H3,(H,17,18). The van der Waals surface area contributed by atoms with Crippen LogP contribution in [-0.4, -0.2) is 16.6 Å². The third kappa shape index (κ3) is 2.32. The molecule has 1 N–H and O–H groups in total. The number of benzene rings is 1. The summed E-state index contributed by atoms with van der Waals surface area (Å²) in [6.07, 6.45) is 4.82. The molecule has 3 nitrogen and oxygen atoms in total. The second-order valence-electron chi connectivity index (χ2n) is 4.47. The molecule has 0 unspecified atom stereocenters. The highest BCUT2D eigenvalue weighted by Gasteiger charge is 2.06. The van der Waals surface area contributed by atoms with E-state index in [0.29, 0.717) is 0 Å². The van der Waals surface area contributed by atoms with Gasteiger partial charge < -0.3 is 9.72 Å². The van der Waals surface area contributed by atoms with Crippen molar-refractivity contribution in [2.24, 2.45) is 0 Å². The van der Waals surface area contributed by atoms with Crippen LogP contribution < -0.4 is 4.74 Å². The summed E-state index contributed by atoms with van der Waals surface area (Å²) in [4.78, 5) is 7.50. The number of pyridine rings is 1. The summed E-state index contributed by atoms with van der Waals surface area (Å²) >= 11 is 0. The van der Waals surface area contributed by atoms with Crippen LogP contribution in [0.25, 0.3) is 22.2 Å². The number of aromatic amines is 1. The van der Waals surface area contributed by atoms with E-state index >= 15 is 0 Å². The molecular formula is C16H16N2O. The highest BCUT2D eigenvalue weighted by atomic mass is 16.5. The SMILES string of the molecule is CCCOc1ccc(-c2c[nH]c3ncccc23)cc1. The first-order valence-corrected chi connectivity index (χ1v) is 6.54. The van der Waals surface area contributed by atoms with Gasteiger partial charge in [0, 0.05) is 23.3 Å². The average Bonchev–Trinajstić information content (AvgIpc) is 2.90. The van der Waals surface area contributed by atoms with E-state index in [1.165, 1.54) is 11.1 Å². The summed E-state index contributed by atoms with van der Waals surface area (Å²) in [5.74, 6) is 0.920. The van der Waals surface area contributed by atoms with Crippen LogP contribution in [0.2, 0.25) is 0 Å². The molecule has 3 heteroatoms. The number of rotatable bonds is 4. The smallest absolute Gasteiger partial charge is 0.137 e. The van der Waals surface area contributed by atoms with Crippen LogP contribution in [0.1, 0.15) is 13.3 Å². The number of aromatic nitrogens is 2. The van der Waals surface area contributed by atoms with Crippen molar-refractivity contribution in [2.45, 2.75) is 13.3 Å². The molecule has 2 aromatic heterocycles. The maximum Gasteiger partial charge on any atom is 0.137 e. The van der Waals surface area contributed by atoms with Gasteiger partial charge in [-0.25, -0.2) is 4.98 Å². The molecule has 0 saturated heterocycles. The van der Waals surface area contributed by atoms with Gasteiger partial charge >= 0.3 is 0 Å². The fourth-order valence-corrected chi connectivity index (χ4v) is 2.15. The maximum absolute atomic E-state index is 5.59. The summed E-state index contributed by atoms with van der Waals surface area (Å²) in [7, 11) is 0. The van der Waals surface area contributed by atoms with E-state index < -0.39 is 0 Å². The fourth-order valence-electron chi connectivity index (χ4n) is 2.15. The van der Waals surface area contributed by atoms with Crippen LogP contribution in [0, 0.1) is 0 Å². The summed E-state index contributed by atoms with van der Waals surface area (Å²) < 4.78 is 5.59. The van der Waals surface area contributed by atoms with E-state index in [2.05, 4.69) is 35.1 Å². The van der Waals surface area contributed by atoms with Gasteiger partial charge in [-0.2, -0.15) is 0 Å². The molecule has 0 aliphatic heterocycles. The van der Waals surface area contributed by atoms with E-state index in [1.807, 2.05) is 24.4 Å². The van der Waals surface area contributed by atoms with E-state index in [4.69, 9.17) is 4.74 Å². The molecular weight excluding hydrogens is 236 g/mol. The number of H-pyrrole nitrogens is 1. The minimum Gasteiger partial charge on any atom is -0.494 e. The Kier molecular flexibility index (Phi) is 3.19. The molecule has 0 radical (unpaired) electrons. The van der Waals surface area contributed by atoms with Gasteiger partial charge in [-0.05, 0) is 36.2 Å². The van der Waals surface area contributed by atoms with Crippen molar-refractivity contribution in [3.8, 4) is 16.9 Å². The Labute approximate surface area is 112 Å². The molecule has 0 spiro atoms. The molecule has 0 saturated carbocycles. The van der Waals surface area contributed by atoms with Gasteiger partial charge in [0.1, 0.15) is 11.4 Å². The molecule has 0 aliphatic rings. The Morgan fingerprint density at radius 3 is 2.79 bits per heavy atom. The number of nitrogens with zero attached hydrogens (tertiary/aromatic N) is 1. The Morgan fingerprint density at radius 2 is 2.00 bits per heavy atom. The third-order valence-corrected chi connectivity index (χ3v) is 3.09. The number of fused-ring (bicyclic) bond motifs is 1. The third-order valence-electron chi connectivity index (χ3n) is 3.09. The zero-order valence-electron chi connectivity index (χ0n) is 10.9.